The van der Waals surface area contributed by atoms with Gasteiger partial charge in [-0.25, -0.2) is 0 Å². The van der Waals surface area contributed by atoms with E-state index in [-0.39, 0.29) is 0 Å². The van der Waals surface area contributed by atoms with Crippen molar-refractivity contribution < 1.29 is 0 Å². The Morgan fingerprint density at radius 1 is 1.27 bits per heavy atom. The predicted molar refractivity (Wildman–Crippen MR) is 47.4 cm³/mol. The average molecular weight is 144 g/mol. The number of nitrogens with one attached hydrogen (secondary N) is 1. The normalized spacial score (nSPS) is 10.6. The summed E-state index contributed by atoms with van der Waals surface area (Å²) in [7, 11) is 0. The summed E-state index contributed by atoms with van der Waals surface area (Å²) >= 11 is 0. The maximum absolute atomic E-state index is 3.87. The summed E-state index contributed by atoms with van der Waals surface area (Å²) in [6.45, 7) is 3.87. The summed E-state index contributed by atoms with van der Waals surface area (Å²) in [6, 6.07) is 6.28. The van der Waals surface area contributed by atoms with E-state index in [1.807, 2.05) is 12.4 Å². The zero-order valence-electron chi connectivity index (χ0n) is 6.30. The van der Waals surface area contributed by atoms with Crippen LogP contribution in [-0.4, -0.2) is 4.98 Å². The van der Waals surface area contributed by atoms with Gasteiger partial charge in [0.2, 0.25) is 0 Å². The van der Waals surface area contributed by atoms with Crippen molar-refractivity contribution in [2.75, 3.05) is 0 Å². The van der Waals surface area contributed by atoms with Crippen LogP contribution in [0.25, 0.3) is 10.8 Å². The topological polar surface area (TPSA) is 15.8 Å². The minimum Gasteiger partial charge on any atom is -0.366 e. The van der Waals surface area contributed by atoms with Gasteiger partial charge in [0.1, 0.15) is 0 Å². The van der Waals surface area contributed by atoms with Gasteiger partial charge >= 0.3 is 0 Å². The number of hydrogen-bond donors (Lipinski definition) is 1. The van der Waals surface area contributed by atoms with Gasteiger partial charge in [0.15, 0.2) is 0 Å². The van der Waals surface area contributed by atoms with Crippen molar-refractivity contribution in [3.63, 3.8) is 0 Å². The van der Waals surface area contributed by atoms with Crippen LogP contribution >= 0.6 is 0 Å². The number of benzene rings is 1. The van der Waals surface area contributed by atoms with E-state index in [4.69, 9.17) is 0 Å². The molecule has 0 spiro atoms. The molecule has 0 aliphatic rings. The first-order valence-corrected chi connectivity index (χ1v) is 3.75. The highest BCUT2D eigenvalue weighted by Gasteiger charge is 1.97. The summed E-state index contributed by atoms with van der Waals surface area (Å²) in [5.41, 5.74) is 1.31. The molecule has 0 saturated carbocycles. The molecule has 55 valence electrons. The highest BCUT2D eigenvalue weighted by molar-refractivity contribution is 5.85. The van der Waals surface area contributed by atoms with Gasteiger partial charge in [0.25, 0.3) is 0 Å². The Balaban J connectivity index is 2.79. The molecule has 2 rings (SSSR count). The number of hydrogen-bond acceptors (Lipinski definition) is 0. The third-order valence-corrected chi connectivity index (χ3v) is 1.97. The lowest BCUT2D eigenvalue weighted by molar-refractivity contribution is 1.30. The van der Waals surface area contributed by atoms with Crippen molar-refractivity contribution in [3.05, 3.63) is 43.1 Å². The Morgan fingerprint density at radius 3 is 3.00 bits per heavy atom. The zero-order chi connectivity index (χ0) is 7.68. The molecule has 1 radical (unpaired) electrons. The molecule has 0 bridgehead atoms. The third kappa shape index (κ3) is 0.929. The van der Waals surface area contributed by atoms with Crippen molar-refractivity contribution in [2.24, 2.45) is 0 Å². The molecule has 1 nitrogen and oxygen atoms in total. The molecule has 0 saturated heterocycles. The quantitative estimate of drug-likeness (QED) is 0.633. The lowest BCUT2D eigenvalue weighted by Crippen LogP contribution is -1.78. The Morgan fingerprint density at radius 2 is 2.18 bits per heavy atom. The first-order chi connectivity index (χ1) is 5.42. The van der Waals surface area contributed by atoms with Gasteiger partial charge in [-0.05, 0) is 24.3 Å². The molecule has 1 aromatic carbocycles. The van der Waals surface area contributed by atoms with Crippen LogP contribution in [0.2, 0.25) is 0 Å². The highest BCUT2D eigenvalue weighted by Crippen LogP contribution is 2.17. The van der Waals surface area contributed by atoms with Crippen LogP contribution in [0.4, 0.5) is 0 Å². The second-order valence-corrected chi connectivity index (χ2v) is 2.63. The molecular weight excluding hydrogens is 134 g/mol. The van der Waals surface area contributed by atoms with Gasteiger partial charge in [-0.15, -0.1) is 0 Å². The summed E-state index contributed by atoms with van der Waals surface area (Å²) in [5, 5.41) is 2.56. The predicted octanol–water partition coefficient (Wildman–Crippen LogP) is 2.54. The number of H-pyrrole nitrogens is 1. The Hall–Kier alpha value is -1.24. The monoisotopic (exact) mass is 144 g/mol. The molecule has 1 aromatic heterocycles. The van der Waals surface area contributed by atoms with Crippen LogP contribution < -0.4 is 0 Å². The van der Waals surface area contributed by atoms with E-state index in [9.17, 15) is 0 Å². The van der Waals surface area contributed by atoms with E-state index in [0.29, 0.717) is 0 Å². The first kappa shape index (κ1) is 6.47. The van der Waals surface area contributed by atoms with Gasteiger partial charge in [-0.2, -0.15) is 0 Å². The molecule has 0 aliphatic heterocycles. The van der Waals surface area contributed by atoms with Gasteiger partial charge < -0.3 is 4.98 Å². The fraction of sp³-hybridized carbons (Fsp3) is 0.100. The van der Waals surface area contributed by atoms with Crippen LogP contribution in [0.3, 0.4) is 0 Å². The molecule has 0 fully saturated rings. The maximum Gasteiger partial charge on any atom is 0.00871 e. The fourth-order valence-corrected chi connectivity index (χ4v) is 1.37. The molecule has 1 heteroatoms. The van der Waals surface area contributed by atoms with Gasteiger partial charge in [0.05, 0.1) is 0 Å². The number of aromatic amines is 1. The lowest BCUT2D eigenvalue weighted by Gasteiger charge is -1.96. The Labute approximate surface area is 66.1 Å². The molecule has 1 N–H and O–H groups in total. The SMILES string of the molecule is [CH2]Cc1cccc2c[nH]cc12. The Kier molecular flexibility index (Phi) is 1.42. The summed E-state index contributed by atoms with van der Waals surface area (Å²) in [5.74, 6) is 0. The molecule has 2 aromatic rings. The van der Waals surface area contributed by atoms with E-state index >= 15 is 0 Å². The first-order valence-electron chi connectivity index (χ1n) is 3.75. The standard InChI is InChI=1S/C10H10N/c1-2-8-4-3-5-9-6-11-7-10(8)9/h3-7,11H,1-2H2. The summed E-state index contributed by atoms with van der Waals surface area (Å²) in [6.07, 6.45) is 4.89. The van der Waals surface area contributed by atoms with Crippen molar-refractivity contribution in [2.45, 2.75) is 6.42 Å². The summed E-state index contributed by atoms with van der Waals surface area (Å²) in [4.78, 5) is 3.08. The molecule has 11 heavy (non-hydrogen) atoms. The second-order valence-electron chi connectivity index (χ2n) is 2.63. The van der Waals surface area contributed by atoms with E-state index in [1.54, 1.807) is 0 Å². The molecule has 0 unspecified atom stereocenters. The molecule has 0 atom stereocenters. The smallest absolute Gasteiger partial charge is 0.00871 e. The second kappa shape index (κ2) is 2.42. The zero-order valence-corrected chi connectivity index (χ0v) is 6.30. The summed E-state index contributed by atoms with van der Waals surface area (Å²) < 4.78 is 0. The largest absolute Gasteiger partial charge is 0.366 e. The maximum atomic E-state index is 3.87. The van der Waals surface area contributed by atoms with E-state index in [1.165, 1.54) is 16.3 Å². The van der Waals surface area contributed by atoms with E-state index in [0.717, 1.165) is 6.42 Å². The van der Waals surface area contributed by atoms with Crippen LogP contribution in [0.15, 0.2) is 30.6 Å². The number of fused-ring (bicyclic) bond motifs is 1. The van der Waals surface area contributed by atoms with Crippen molar-refractivity contribution in [3.8, 4) is 0 Å². The van der Waals surface area contributed by atoms with Crippen molar-refractivity contribution in [1.82, 2.24) is 4.98 Å². The third-order valence-electron chi connectivity index (χ3n) is 1.97. The highest BCUT2D eigenvalue weighted by atomic mass is 14.6. The van der Waals surface area contributed by atoms with Gasteiger partial charge in [-0.1, -0.05) is 18.2 Å². The molecule has 0 amide bonds. The molecular formula is C10H10N. The van der Waals surface area contributed by atoms with Crippen LogP contribution in [0, 0.1) is 6.92 Å². The van der Waals surface area contributed by atoms with Gasteiger partial charge in [-0.3, -0.25) is 0 Å². The van der Waals surface area contributed by atoms with Crippen LogP contribution in [0.1, 0.15) is 5.56 Å². The van der Waals surface area contributed by atoms with Crippen molar-refractivity contribution in [1.29, 1.82) is 0 Å². The van der Waals surface area contributed by atoms with Crippen molar-refractivity contribution >= 4 is 10.8 Å². The average Bonchev–Trinajstić information content (AvgIpc) is 2.50. The minimum absolute atomic E-state index is 0.856. The van der Waals surface area contributed by atoms with E-state index in [2.05, 4.69) is 30.1 Å². The molecule has 1 heterocycles. The molecule has 0 aliphatic carbocycles. The number of aromatic nitrogens is 1. The lowest BCUT2D eigenvalue weighted by atomic mass is 10.1. The number of rotatable bonds is 1. The van der Waals surface area contributed by atoms with Crippen LogP contribution in [-0.2, 0) is 6.42 Å². The van der Waals surface area contributed by atoms with E-state index < -0.39 is 0 Å². The fourth-order valence-electron chi connectivity index (χ4n) is 1.37. The minimum atomic E-state index is 0.856. The van der Waals surface area contributed by atoms with Gasteiger partial charge in [0, 0.05) is 17.8 Å². The Bertz CT molecular complexity index is 360. The van der Waals surface area contributed by atoms with Crippen LogP contribution in [0.5, 0.6) is 0 Å².